The number of rotatable bonds is 3. The van der Waals surface area contributed by atoms with E-state index in [0.29, 0.717) is 0 Å². The second-order valence-corrected chi connectivity index (χ2v) is 5.43. The van der Waals surface area contributed by atoms with Crippen LogP contribution in [0.25, 0.3) is 0 Å². The van der Waals surface area contributed by atoms with E-state index >= 15 is 0 Å². The molecule has 0 radical (unpaired) electrons. The normalized spacial score (nSPS) is 11.2. The molecule has 1 aromatic carbocycles. The Labute approximate surface area is 111 Å². The van der Waals surface area contributed by atoms with Crippen LogP contribution in [0.15, 0.2) is 38.9 Å². The Kier molecular flexibility index (Phi) is 3.32. The first-order valence-electron chi connectivity index (χ1n) is 5.19. The molecule has 0 saturated carbocycles. The zero-order chi connectivity index (χ0) is 14.9. The molecule has 0 amide bonds. The molecule has 0 aliphatic carbocycles. The van der Waals surface area contributed by atoms with Crippen molar-refractivity contribution in [2.75, 3.05) is 10.5 Å². The van der Waals surface area contributed by atoms with E-state index in [1.165, 1.54) is 0 Å². The maximum absolute atomic E-state index is 13.0. The minimum Gasteiger partial charge on any atom is -0.396 e. The third kappa shape index (κ3) is 2.69. The van der Waals surface area contributed by atoms with Gasteiger partial charge in [0.1, 0.15) is 5.82 Å². The third-order valence-corrected chi connectivity index (χ3v) is 3.71. The van der Waals surface area contributed by atoms with Crippen LogP contribution in [0.2, 0.25) is 0 Å². The van der Waals surface area contributed by atoms with Gasteiger partial charge < -0.3 is 10.7 Å². The van der Waals surface area contributed by atoms with Crippen molar-refractivity contribution in [1.29, 1.82) is 0 Å². The Balaban J connectivity index is 2.43. The fraction of sp³-hybridized carbons (Fsp3) is 0. The van der Waals surface area contributed by atoms with E-state index < -0.39 is 32.0 Å². The van der Waals surface area contributed by atoms with Crippen molar-refractivity contribution < 1.29 is 12.8 Å². The number of nitrogens with one attached hydrogen (secondary N) is 3. The number of aromatic amines is 2. The summed E-state index contributed by atoms with van der Waals surface area (Å²) in [4.78, 5) is 25.4. The lowest BCUT2D eigenvalue weighted by Crippen LogP contribution is -2.29. The number of H-pyrrole nitrogens is 2. The highest BCUT2D eigenvalue weighted by Gasteiger charge is 2.19. The second-order valence-electron chi connectivity index (χ2n) is 3.78. The summed E-state index contributed by atoms with van der Waals surface area (Å²) in [6.07, 6.45) is 0.760. The number of aromatic nitrogens is 2. The van der Waals surface area contributed by atoms with Gasteiger partial charge in [-0.3, -0.25) is 14.5 Å². The zero-order valence-corrected chi connectivity index (χ0v) is 10.6. The van der Waals surface area contributed by atoms with Crippen molar-refractivity contribution in [1.82, 2.24) is 9.97 Å². The summed E-state index contributed by atoms with van der Waals surface area (Å²) in [5.74, 6) is -0.699. The summed E-state index contributed by atoms with van der Waals surface area (Å²) < 4.78 is 38.9. The number of hydrogen-bond acceptors (Lipinski definition) is 5. The van der Waals surface area contributed by atoms with Crippen LogP contribution in [-0.2, 0) is 10.0 Å². The van der Waals surface area contributed by atoms with Gasteiger partial charge in [-0.1, -0.05) is 0 Å². The van der Waals surface area contributed by atoms with Crippen LogP contribution < -0.4 is 21.7 Å². The van der Waals surface area contributed by atoms with Gasteiger partial charge in [0, 0.05) is 6.20 Å². The molecule has 1 heterocycles. The van der Waals surface area contributed by atoms with Crippen LogP contribution in [0.4, 0.5) is 15.8 Å². The lowest BCUT2D eigenvalue weighted by atomic mass is 10.3. The summed E-state index contributed by atoms with van der Waals surface area (Å²) >= 11 is 0. The smallest absolute Gasteiger partial charge is 0.325 e. The molecule has 0 bridgehead atoms. The highest BCUT2D eigenvalue weighted by molar-refractivity contribution is 7.92. The highest BCUT2D eigenvalue weighted by Crippen LogP contribution is 2.18. The van der Waals surface area contributed by atoms with Gasteiger partial charge in [0.05, 0.1) is 11.4 Å². The summed E-state index contributed by atoms with van der Waals surface area (Å²) in [6.45, 7) is 0. The predicted molar refractivity (Wildman–Crippen MR) is 69.3 cm³/mol. The number of sulfonamides is 1. The first kappa shape index (κ1) is 13.8. The molecule has 5 N–H and O–H groups in total. The van der Waals surface area contributed by atoms with E-state index in [9.17, 15) is 22.4 Å². The average molecular weight is 300 g/mol. The number of anilines is 2. The SMILES string of the molecule is Nc1cc(NS(=O)(=O)c2c[nH]c(=O)[nH]c2=O)ccc1F. The fourth-order valence-corrected chi connectivity index (χ4v) is 2.47. The van der Waals surface area contributed by atoms with Crippen molar-refractivity contribution in [2.45, 2.75) is 4.90 Å². The molecule has 2 rings (SSSR count). The van der Waals surface area contributed by atoms with Crippen LogP contribution in [0, 0.1) is 5.82 Å². The summed E-state index contributed by atoms with van der Waals surface area (Å²) in [6, 6.07) is 3.18. The summed E-state index contributed by atoms with van der Waals surface area (Å²) in [5.41, 5.74) is 3.13. The number of halogens is 1. The van der Waals surface area contributed by atoms with Crippen molar-refractivity contribution in [3.8, 4) is 0 Å². The van der Waals surface area contributed by atoms with E-state index in [1.54, 1.807) is 4.98 Å². The molecule has 0 atom stereocenters. The van der Waals surface area contributed by atoms with Gasteiger partial charge in [-0.05, 0) is 18.2 Å². The lowest BCUT2D eigenvalue weighted by molar-refractivity contribution is 0.599. The Morgan fingerprint density at radius 1 is 1.25 bits per heavy atom. The Hall–Kier alpha value is -2.62. The lowest BCUT2D eigenvalue weighted by Gasteiger charge is -2.07. The molecule has 0 saturated heterocycles. The minimum atomic E-state index is -4.23. The molecule has 0 aliphatic heterocycles. The predicted octanol–water partition coefficient (Wildman–Crippen LogP) is -0.415. The van der Waals surface area contributed by atoms with E-state index in [1.807, 2.05) is 9.71 Å². The van der Waals surface area contributed by atoms with Crippen molar-refractivity contribution >= 4 is 21.4 Å². The molecule has 106 valence electrons. The second kappa shape index (κ2) is 4.81. The Bertz CT molecular complexity index is 871. The molecule has 0 aliphatic rings. The van der Waals surface area contributed by atoms with Gasteiger partial charge in [0.15, 0.2) is 4.90 Å². The molecule has 0 spiro atoms. The van der Waals surface area contributed by atoms with E-state index in [-0.39, 0.29) is 11.4 Å². The van der Waals surface area contributed by atoms with Gasteiger partial charge in [0.25, 0.3) is 15.6 Å². The average Bonchev–Trinajstić information content (AvgIpc) is 2.33. The van der Waals surface area contributed by atoms with E-state index in [2.05, 4.69) is 0 Å². The molecular formula is C10H9FN4O4S. The topological polar surface area (TPSA) is 138 Å². The van der Waals surface area contributed by atoms with Crippen LogP contribution in [0.3, 0.4) is 0 Å². The largest absolute Gasteiger partial charge is 0.396 e. The molecular weight excluding hydrogens is 291 g/mol. The Morgan fingerprint density at radius 2 is 1.95 bits per heavy atom. The van der Waals surface area contributed by atoms with Crippen LogP contribution in [0.5, 0.6) is 0 Å². The minimum absolute atomic E-state index is 0.0190. The molecule has 8 nitrogen and oxygen atoms in total. The van der Waals surface area contributed by atoms with Gasteiger partial charge in [-0.15, -0.1) is 0 Å². The molecule has 0 unspecified atom stereocenters. The molecule has 1 aromatic heterocycles. The first-order valence-corrected chi connectivity index (χ1v) is 6.68. The van der Waals surface area contributed by atoms with Crippen molar-refractivity contribution in [3.63, 3.8) is 0 Å². The Morgan fingerprint density at radius 3 is 2.55 bits per heavy atom. The van der Waals surface area contributed by atoms with Gasteiger partial charge in [-0.2, -0.15) is 0 Å². The number of nitrogens with two attached hydrogens (primary N) is 1. The monoisotopic (exact) mass is 300 g/mol. The fourth-order valence-electron chi connectivity index (χ4n) is 1.41. The molecule has 10 heteroatoms. The molecule has 0 fully saturated rings. The molecule has 20 heavy (non-hydrogen) atoms. The first-order chi connectivity index (χ1) is 9.29. The maximum atomic E-state index is 13.0. The zero-order valence-electron chi connectivity index (χ0n) is 9.81. The summed E-state index contributed by atoms with van der Waals surface area (Å²) in [5, 5.41) is 0. The van der Waals surface area contributed by atoms with Crippen molar-refractivity contribution in [2.24, 2.45) is 0 Å². The highest BCUT2D eigenvalue weighted by atomic mass is 32.2. The standard InChI is InChI=1S/C10H9FN4O4S/c11-6-2-1-5(3-7(6)12)15-20(18,19)8-4-13-10(17)14-9(8)16/h1-4,15H,12H2,(H2,13,14,16,17). The van der Waals surface area contributed by atoms with Gasteiger partial charge in [-0.25, -0.2) is 17.6 Å². The van der Waals surface area contributed by atoms with Crippen molar-refractivity contribution in [3.05, 3.63) is 51.1 Å². The molecule has 2 aromatic rings. The van der Waals surface area contributed by atoms with Crippen LogP contribution in [-0.4, -0.2) is 18.4 Å². The van der Waals surface area contributed by atoms with E-state index in [0.717, 1.165) is 24.4 Å². The maximum Gasteiger partial charge on any atom is 0.325 e. The number of nitrogen functional groups attached to an aromatic ring is 1. The third-order valence-electron chi connectivity index (χ3n) is 2.32. The van der Waals surface area contributed by atoms with E-state index in [4.69, 9.17) is 5.73 Å². The van der Waals surface area contributed by atoms with Crippen LogP contribution >= 0.6 is 0 Å². The number of hydrogen-bond donors (Lipinski definition) is 4. The number of benzene rings is 1. The van der Waals surface area contributed by atoms with Crippen LogP contribution in [0.1, 0.15) is 0 Å². The summed E-state index contributed by atoms with van der Waals surface area (Å²) in [7, 11) is -4.23. The quantitative estimate of drug-likeness (QED) is 0.571. The van der Waals surface area contributed by atoms with Gasteiger partial charge in [0.2, 0.25) is 0 Å². The van der Waals surface area contributed by atoms with Gasteiger partial charge >= 0.3 is 5.69 Å².